The maximum Gasteiger partial charge on any atom is 0.216 e. The molecule has 0 aliphatic rings. The summed E-state index contributed by atoms with van der Waals surface area (Å²) in [7, 11) is 0. The minimum atomic E-state index is -0.0538. The molecule has 2 heterocycles. The highest BCUT2D eigenvalue weighted by atomic mass is 32.1. The molecule has 2 aromatic heterocycles. The Balaban J connectivity index is 2.07. The van der Waals surface area contributed by atoms with Crippen molar-refractivity contribution in [2.45, 2.75) is 19.9 Å². The molecule has 0 aliphatic carbocycles. The zero-order valence-corrected chi connectivity index (χ0v) is 11.0. The van der Waals surface area contributed by atoms with Crippen LogP contribution in [0.3, 0.4) is 0 Å². The summed E-state index contributed by atoms with van der Waals surface area (Å²) in [5.74, 6) is 2.14. The fourth-order valence-corrected chi connectivity index (χ4v) is 1.60. The number of nitrogens with one attached hydrogen (secondary N) is 1. The lowest BCUT2D eigenvalue weighted by Gasteiger charge is -2.11. The molecule has 0 aromatic carbocycles. The number of thiocarbonyl (C=S) groups is 1. The van der Waals surface area contributed by atoms with Gasteiger partial charge in [0.05, 0.1) is 6.20 Å². The van der Waals surface area contributed by atoms with E-state index < -0.39 is 0 Å². The van der Waals surface area contributed by atoms with Crippen molar-refractivity contribution < 1.29 is 4.42 Å². The lowest BCUT2D eigenvalue weighted by molar-refractivity contribution is 0.453. The molecule has 2 rings (SSSR count). The first kappa shape index (κ1) is 12.5. The van der Waals surface area contributed by atoms with Gasteiger partial charge >= 0.3 is 0 Å². The summed E-state index contributed by atoms with van der Waals surface area (Å²) in [6.07, 6.45) is 3.33. The van der Waals surface area contributed by atoms with Gasteiger partial charge in [0.25, 0.3) is 0 Å². The van der Waals surface area contributed by atoms with Crippen molar-refractivity contribution in [3.8, 4) is 0 Å². The fourth-order valence-electron chi connectivity index (χ4n) is 1.48. The third-order valence-corrected chi connectivity index (χ3v) is 2.66. The number of oxazole rings is 1. The van der Waals surface area contributed by atoms with Crippen molar-refractivity contribution in [2.24, 2.45) is 5.73 Å². The van der Waals surface area contributed by atoms with E-state index in [1.54, 1.807) is 12.4 Å². The first-order chi connectivity index (χ1) is 8.56. The van der Waals surface area contributed by atoms with Gasteiger partial charge < -0.3 is 15.5 Å². The summed E-state index contributed by atoms with van der Waals surface area (Å²) in [6.45, 7) is 3.81. The molecule has 0 amide bonds. The highest BCUT2D eigenvalue weighted by molar-refractivity contribution is 7.80. The molecule has 0 aliphatic heterocycles. The van der Waals surface area contributed by atoms with Crippen LogP contribution in [0, 0.1) is 6.92 Å². The Bertz CT molecular complexity index is 549. The average molecular weight is 262 g/mol. The third kappa shape index (κ3) is 2.84. The van der Waals surface area contributed by atoms with Gasteiger partial charge in [-0.1, -0.05) is 12.2 Å². The maximum atomic E-state index is 5.50. The fraction of sp³-hybridized carbons (Fsp3) is 0.250. The van der Waals surface area contributed by atoms with Crippen molar-refractivity contribution in [1.29, 1.82) is 0 Å². The van der Waals surface area contributed by atoms with Crippen molar-refractivity contribution in [3.05, 3.63) is 41.7 Å². The van der Waals surface area contributed by atoms with Gasteiger partial charge in [-0.15, -0.1) is 0 Å². The molecular weight excluding hydrogens is 248 g/mol. The number of rotatable bonds is 4. The van der Waals surface area contributed by atoms with Crippen LogP contribution in [0.15, 0.2) is 28.9 Å². The molecule has 0 spiro atoms. The number of hydrogen-bond donors (Lipinski definition) is 2. The molecule has 2 aromatic rings. The number of nitrogens with two attached hydrogens (primary N) is 1. The second-order valence-electron chi connectivity index (χ2n) is 3.97. The standard InChI is InChI=1S/C12H14N4OS/c1-7-5-15-12(17-7)8(2)16-10-4-3-9(6-14-10)11(13)18/h3-6,8H,1-2H3,(H2,13,18)(H,14,16). The Labute approximate surface area is 110 Å². The van der Waals surface area contributed by atoms with Crippen LogP contribution in [0.25, 0.3) is 0 Å². The van der Waals surface area contributed by atoms with Crippen LogP contribution in [0.1, 0.15) is 30.2 Å². The molecule has 0 bridgehead atoms. The number of anilines is 1. The Hall–Kier alpha value is -1.95. The Kier molecular flexibility index (Phi) is 3.57. The average Bonchev–Trinajstić information content (AvgIpc) is 2.76. The van der Waals surface area contributed by atoms with Crippen molar-refractivity contribution in [3.63, 3.8) is 0 Å². The molecular formula is C12H14N4OS. The Morgan fingerprint density at radius 2 is 2.17 bits per heavy atom. The molecule has 1 atom stereocenters. The minimum absolute atomic E-state index is 0.0538. The van der Waals surface area contributed by atoms with Gasteiger partial charge in [-0.3, -0.25) is 0 Å². The van der Waals surface area contributed by atoms with Crippen LogP contribution in [0.4, 0.5) is 5.82 Å². The molecule has 0 saturated carbocycles. The molecule has 0 radical (unpaired) electrons. The number of aromatic nitrogens is 2. The molecule has 18 heavy (non-hydrogen) atoms. The largest absolute Gasteiger partial charge is 0.444 e. The van der Waals surface area contributed by atoms with Crippen LogP contribution < -0.4 is 11.1 Å². The molecule has 0 saturated heterocycles. The van der Waals surface area contributed by atoms with Gasteiger partial charge in [-0.05, 0) is 26.0 Å². The SMILES string of the molecule is Cc1cnc(C(C)Nc2ccc(C(N)=S)cn2)o1. The van der Waals surface area contributed by atoms with Gasteiger partial charge in [-0.2, -0.15) is 0 Å². The van der Waals surface area contributed by atoms with Gasteiger partial charge in [0, 0.05) is 11.8 Å². The topological polar surface area (TPSA) is 77.0 Å². The molecule has 1 unspecified atom stereocenters. The second kappa shape index (κ2) is 5.14. The van der Waals surface area contributed by atoms with Gasteiger partial charge in [-0.25, -0.2) is 9.97 Å². The second-order valence-corrected chi connectivity index (χ2v) is 4.41. The van der Waals surface area contributed by atoms with E-state index in [0.29, 0.717) is 10.9 Å². The van der Waals surface area contributed by atoms with Crippen molar-refractivity contribution in [2.75, 3.05) is 5.32 Å². The van der Waals surface area contributed by atoms with Crippen LogP contribution in [0.5, 0.6) is 0 Å². The summed E-state index contributed by atoms with van der Waals surface area (Å²) >= 11 is 4.86. The van der Waals surface area contributed by atoms with Gasteiger partial charge in [0.2, 0.25) is 5.89 Å². The maximum absolute atomic E-state index is 5.50. The van der Waals surface area contributed by atoms with E-state index in [1.165, 1.54) is 0 Å². The number of nitrogens with zero attached hydrogens (tertiary/aromatic N) is 2. The summed E-state index contributed by atoms with van der Waals surface area (Å²) in [5.41, 5.74) is 6.25. The summed E-state index contributed by atoms with van der Waals surface area (Å²) in [5, 5.41) is 3.19. The molecule has 5 nitrogen and oxygen atoms in total. The van der Waals surface area contributed by atoms with Crippen LogP contribution in [-0.2, 0) is 0 Å². The quantitative estimate of drug-likeness (QED) is 0.822. The lowest BCUT2D eigenvalue weighted by Crippen LogP contribution is -2.11. The Morgan fingerprint density at radius 1 is 1.39 bits per heavy atom. The van der Waals surface area contributed by atoms with E-state index in [4.69, 9.17) is 22.4 Å². The molecule has 6 heteroatoms. The van der Waals surface area contributed by atoms with E-state index in [0.717, 1.165) is 17.1 Å². The first-order valence-corrected chi connectivity index (χ1v) is 5.92. The predicted octanol–water partition coefficient (Wildman–Crippen LogP) is 2.19. The number of pyridine rings is 1. The highest BCUT2D eigenvalue weighted by Gasteiger charge is 2.11. The van der Waals surface area contributed by atoms with Gasteiger partial charge in [0.1, 0.15) is 22.6 Å². The van der Waals surface area contributed by atoms with E-state index in [1.807, 2.05) is 26.0 Å². The van der Waals surface area contributed by atoms with Gasteiger partial charge in [0.15, 0.2) is 0 Å². The van der Waals surface area contributed by atoms with E-state index >= 15 is 0 Å². The van der Waals surface area contributed by atoms with E-state index in [9.17, 15) is 0 Å². The first-order valence-electron chi connectivity index (χ1n) is 5.51. The zero-order chi connectivity index (χ0) is 13.1. The number of aryl methyl sites for hydroxylation is 1. The molecule has 3 N–H and O–H groups in total. The normalized spacial score (nSPS) is 12.1. The lowest BCUT2D eigenvalue weighted by atomic mass is 10.2. The molecule has 94 valence electrons. The zero-order valence-electron chi connectivity index (χ0n) is 10.2. The summed E-state index contributed by atoms with van der Waals surface area (Å²) < 4.78 is 5.44. The summed E-state index contributed by atoms with van der Waals surface area (Å²) in [4.78, 5) is 8.72. The van der Waals surface area contributed by atoms with E-state index in [-0.39, 0.29) is 6.04 Å². The predicted molar refractivity (Wildman–Crippen MR) is 73.4 cm³/mol. The van der Waals surface area contributed by atoms with Crippen LogP contribution >= 0.6 is 12.2 Å². The van der Waals surface area contributed by atoms with Crippen LogP contribution in [-0.4, -0.2) is 15.0 Å². The molecule has 0 fully saturated rings. The van der Waals surface area contributed by atoms with Crippen LogP contribution in [0.2, 0.25) is 0 Å². The highest BCUT2D eigenvalue weighted by Crippen LogP contribution is 2.17. The van der Waals surface area contributed by atoms with E-state index in [2.05, 4.69) is 15.3 Å². The summed E-state index contributed by atoms with van der Waals surface area (Å²) in [6, 6.07) is 3.59. The monoisotopic (exact) mass is 262 g/mol. The number of hydrogen-bond acceptors (Lipinski definition) is 5. The Morgan fingerprint density at radius 3 is 2.67 bits per heavy atom. The van der Waals surface area contributed by atoms with Crippen molar-refractivity contribution in [1.82, 2.24) is 9.97 Å². The minimum Gasteiger partial charge on any atom is -0.444 e. The smallest absolute Gasteiger partial charge is 0.216 e. The third-order valence-electron chi connectivity index (χ3n) is 2.42. The van der Waals surface area contributed by atoms with Crippen molar-refractivity contribution >= 4 is 23.0 Å².